The van der Waals surface area contributed by atoms with Crippen LogP contribution < -0.4 is 11.5 Å². The first-order valence-electron chi connectivity index (χ1n) is 11.9. The van der Waals surface area contributed by atoms with Gasteiger partial charge in [-0.3, -0.25) is 10.8 Å². The van der Waals surface area contributed by atoms with Gasteiger partial charge < -0.3 is 11.5 Å². The number of aryl methyl sites for hydroxylation is 5. The van der Waals surface area contributed by atoms with E-state index in [2.05, 4.69) is 37.3 Å². The molecule has 0 saturated carbocycles. The maximum absolute atomic E-state index is 7.86. The molecule has 0 heterocycles. The van der Waals surface area contributed by atoms with Gasteiger partial charge in [-0.2, -0.15) is 0 Å². The molecule has 0 saturated heterocycles. The van der Waals surface area contributed by atoms with Crippen LogP contribution >= 0.6 is 0 Å². The highest BCUT2D eigenvalue weighted by atomic mass is 14.7. The van der Waals surface area contributed by atoms with E-state index < -0.39 is 0 Å². The number of benzene rings is 3. The molecule has 3 rings (SSSR count). The highest BCUT2D eigenvalue weighted by molar-refractivity contribution is 5.96. The van der Waals surface area contributed by atoms with Crippen LogP contribution in [0.15, 0.2) is 66.7 Å². The molecule has 3 aromatic rings. The van der Waals surface area contributed by atoms with Crippen molar-refractivity contribution < 1.29 is 0 Å². The van der Waals surface area contributed by atoms with Crippen molar-refractivity contribution in [2.75, 3.05) is 0 Å². The van der Waals surface area contributed by atoms with E-state index in [9.17, 15) is 0 Å². The lowest BCUT2D eigenvalue weighted by atomic mass is 9.93. The maximum atomic E-state index is 7.86. The molecule has 0 radical (unpaired) electrons. The lowest BCUT2D eigenvalue weighted by Gasteiger charge is -2.13. The summed E-state index contributed by atoms with van der Waals surface area (Å²) in [5.74, 6) is 0.257. The van der Waals surface area contributed by atoms with Gasteiger partial charge in [-0.15, -0.1) is 0 Å². The molecule has 0 aliphatic heterocycles. The van der Waals surface area contributed by atoms with Gasteiger partial charge in [0.1, 0.15) is 11.7 Å². The van der Waals surface area contributed by atoms with Crippen LogP contribution in [0, 0.1) is 10.8 Å². The minimum atomic E-state index is 0.128. The van der Waals surface area contributed by atoms with Crippen molar-refractivity contribution in [3.63, 3.8) is 0 Å². The number of unbranched alkanes of at least 4 members (excludes halogenated alkanes) is 2. The number of nitrogens with two attached hydrogens (primary N) is 2. The fourth-order valence-corrected chi connectivity index (χ4v) is 4.41. The Labute approximate surface area is 198 Å². The molecule has 172 valence electrons. The first-order chi connectivity index (χ1) is 16.0. The molecule has 0 fully saturated rings. The van der Waals surface area contributed by atoms with E-state index >= 15 is 0 Å². The van der Waals surface area contributed by atoms with Crippen LogP contribution in [-0.4, -0.2) is 11.7 Å². The van der Waals surface area contributed by atoms with E-state index in [0.29, 0.717) is 0 Å². The number of hydrogen-bond acceptors (Lipinski definition) is 2. The molecular weight excluding hydrogens is 404 g/mol. The Morgan fingerprint density at radius 1 is 0.606 bits per heavy atom. The average Bonchev–Trinajstić information content (AvgIpc) is 2.82. The van der Waals surface area contributed by atoms with Crippen LogP contribution in [0.5, 0.6) is 0 Å². The molecule has 0 bridgehead atoms. The van der Waals surface area contributed by atoms with E-state index in [1.807, 2.05) is 36.4 Å². The Bertz CT molecular complexity index is 1020. The van der Waals surface area contributed by atoms with Gasteiger partial charge in [-0.25, -0.2) is 0 Å². The van der Waals surface area contributed by atoms with E-state index in [4.69, 9.17) is 22.3 Å². The summed E-state index contributed by atoms with van der Waals surface area (Å²) in [6, 6.07) is 22.9. The Morgan fingerprint density at radius 2 is 1.03 bits per heavy atom. The summed E-state index contributed by atoms with van der Waals surface area (Å²) in [5, 5.41) is 15.7. The van der Waals surface area contributed by atoms with Crippen molar-refractivity contribution in [3.05, 3.63) is 106 Å². The standard InChI is InChI=1S/C29H36N4/c1-2-3-4-9-21-18-22(14-16-24-10-5-7-12-26(24)28(30)31)20-23(19-21)15-17-25-11-6-8-13-27(25)29(32)33/h5-8,10-13,18-20H,2-4,9,14-17H2,1H3,(H3,30,31)(H3,32,33). The molecule has 4 nitrogen and oxygen atoms in total. The molecule has 0 aliphatic carbocycles. The topological polar surface area (TPSA) is 99.7 Å². The van der Waals surface area contributed by atoms with Crippen molar-refractivity contribution in [2.24, 2.45) is 11.5 Å². The van der Waals surface area contributed by atoms with Crippen LogP contribution in [0.4, 0.5) is 0 Å². The minimum absolute atomic E-state index is 0.128. The van der Waals surface area contributed by atoms with E-state index in [1.54, 1.807) is 0 Å². The van der Waals surface area contributed by atoms with Gasteiger partial charge in [0.15, 0.2) is 0 Å². The van der Waals surface area contributed by atoms with Crippen molar-refractivity contribution in [1.29, 1.82) is 10.8 Å². The Kier molecular flexibility index (Phi) is 8.82. The first kappa shape index (κ1) is 24.2. The predicted molar refractivity (Wildman–Crippen MR) is 139 cm³/mol. The molecule has 0 atom stereocenters. The van der Waals surface area contributed by atoms with Crippen LogP contribution in [0.1, 0.15) is 65.1 Å². The summed E-state index contributed by atoms with van der Waals surface area (Å²) in [7, 11) is 0. The molecule has 0 amide bonds. The summed E-state index contributed by atoms with van der Waals surface area (Å²) in [4.78, 5) is 0. The molecular formula is C29H36N4. The Hall–Kier alpha value is -3.40. The van der Waals surface area contributed by atoms with Gasteiger partial charge in [0, 0.05) is 11.1 Å². The summed E-state index contributed by atoms with van der Waals surface area (Å²) in [5.41, 5.74) is 19.5. The second-order valence-corrected chi connectivity index (χ2v) is 8.76. The van der Waals surface area contributed by atoms with Gasteiger partial charge >= 0.3 is 0 Å². The number of nitrogen functional groups attached to an aromatic ring is 2. The van der Waals surface area contributed by atoms with Crippen LogP contribution in [-0.2, 0) is 32.1 Å². The quantitative estimate of drug-likeness (QED) is 0.168. The SMILES string of the molecule is CCCCCc1cc(CCc2ccccc2C(=N)N)cc(CCc2ccccc2C(=N)N)c1. The molecule has 3 aromatic carbocycles. The molecule has 33 heavy (non-hydrogen) atoms. The van der Waals surface area contributed by atoms with Gasteiger partial charge in [-0.1, -0.05) is 86.5 Å². The Morgan fingerprint density at radius 3 is 1.45 bits per heavy atom. The zero-order valence-corrected chi connectivity index (χ0v) is 19.7. The van der Waals surface area contributed by atoms with Crippen LogP contribution in [0.2, 0.25) is 0 Å². The second-order valence-electron chi connectivity index (χ2n) is 8.76. The van der Waals surface area contributed by atoms with Gasteiger partial charge in [0.2, 0.25) is 0 Å². The predicted octanol–water partition coefficient (Wildman–Crippen LogP) is 5.56. The second kappa shape index (κ2) is 12.0. The fourth-order valence-electron chi connectivity index (χ4n) is 4.41. The van der Waals surface area contributed by atoms with Crippen LogP contribution in [0.3, 0.4) is 0 Å². The van der Waals surface area contributed by atoms with Gasteiger partial charge in [0.25, 0.3) is 0 Å². The molecule has 4 heteroatoms. The largest absolute Gasteiger partial charge is 0.384 e. The number of amidine groups is 2. The van der Waals surface area contributed by atoms with Gasteiger partial charge in [-0.05, 0) is 66.3 Å². The number of rotatable bonds is 12. The smallest absolute Gasteiger partial charge is 0.123 e. The summed E-state index contributed by atoms with van der Waals surface area (Å²) in [6.45, 7) is 2.24. The summed E-state index contributed by atoms with van der Waals surface area (Å²) >= 11 is 0. The monoisotopic (exact) mass is 440 g/mol. The highest BCUT2D eigenvalue weighted by Gasteiger charge is 2.09. The lowest BCUT2D eigenvalue weighted by Crippen LogP contribution is -2.14. The lowest BCUT2D eigenvalue weighted by molar-refractivity contribution is 0.716. The van der Waals surface area contributed by atoms with Crippen molar-refractivity contribution in [2.45, 2.75) is 58.3 Å². The maximum Gasteiger partial charge on any atom is 0.123 e. The molecule has 6 N–H and O–H groups in total. The fraction of sp³-hybridized carbons (Fsp3) is 0.310. The first-order valence-corrected chi connectivity index (χ1v) is 11.9. The Balaban J connectivity index is 1.79. The van der Waals surface area contributed by atoms with Crippen molar-refractivity contribution >= 4 is 11.7 Å². The zero-order chi connectivity index (χ0) is 23.6. The van der Waals surface area contributed by atoms with Crippen molar-refractivity contribution in [3.8, 4) is 0 Å². The average molecular weight is 441 g/mol. The minimum Gasteiger partial charge on any atom is -0.384 e. The third-order valence-electron chi connectivity index (χ3n) is 6.16. The number of nitrogens with one attached hydrogen (secondary N) is 2. The van der Waals surface area contributed by atoms with E-state index in [0.717, 1.165) is 54.4 Å². The van der Waals surface area contributed by atoms with E-state index in [-0.39, 0.29) is 11.7 Å². The molecule has 0 unspecified atom stereocenters. The zero-order valence-electron chi connectivity index (χ0n) is 19.7. The normalized spacial score (nSPS) is 10.8. The van der Waals surface area contributed by atoms with Crippen molar-refractivity contribution in [1.82, 2.24) is 0 Å². The third kappa shape index (κ3) is 7.04. The summed E-state index contributed by atoms with van der Waals surface area (Å²) in [6.07, 6.45) is 8.34. The summed E-state index contributed by atoms with van der Waals surface area (Å²) < 4.78 is 0. The third-order valence-corrected chi connectivity index (χ3v) is 6.16. The highest BCUT2D eigenvalue weighted by Crippen LogP contribution is 2.20. The van der Waals surface area contributed by atoms with Gasteiger partial charge in [0.05, 0.1) is 0 Å². The van der Waals surface area contributed by atoms with E-state index in [1.165, 1.54) is 36.0 Å². The molecule has 0 aliphatic rings. The van der Waals surface area contributed by atoms with Crippen LogP contribution in [0.25, 0.3) is 0 Å². The molecule has 0 aromatic heterocycles. The number of hydrogen-bond donors (Lipinski definition) is 4. The molecule has 0 spiro atoms.